The van der Waals surface area contributed by atoms with E-state index in [9.17, 15) is 9.18 Å². The maximum atomic E-state index is 14.5. The van der Waals surface area contributed by atoms with Gasteiger partial charge in [-0.15, -0.1) is 0 Å². The molecule has 3 aliphatic rings. The number of hydrogen-bond acceptors (Lipinski definition) is 3. The summed E-state index contributed by atoms with van der Waals surface area (Å²) >= 11 is 5.88. The van der Waals surface area contributed by atoms with Crippen LogP contribution in [0.15, 0.2) is 66.9 Å². The van der Waals surface area contributed by atoms with Crippen LogP contribution in [0.1, 0.15) is 41.9 Å². The molecule has 6 rings (SSSR count). The van der Waals surface area contributed by atoms with Gasteiger partial charge in [0.15, 0.2) is 11.0 Å². The SMILES string of the molecule is O=C(OCC1c2ccccc2-c2ccccc21)N1C2C=C(c3ccnc(Cl)c3F)CC1CC2. The number of carbonyl (C=O) groups is 1. The maximum absolute atomic E-state index is 14.5. The lowest BCUT2D eigenvalue weighted by Gasteiger charge is -2.33. The van der Waals surface area contributed by atoms with Gasteiger partial charge >= 0.3 is 6.09 Å². The van der Waals surface area contributed by atoms with Crippen LogP contribution in [0.2, 0.25) is 5.15 Å². The molecular weight excluding hydrogens is 439 g/mol. The Labute approximate surface area is 196 Å². The highest BCUT2D eigenvalue weighted by Crippen LogP contribution is 2.45. The number of carbonyl (C=O) groups excluding carboxylic acids is 1. The smallest absolute Gasteiger partial charge is 0.410 e. The zero-order valence-electron chi connectivity index (χ0n) is 17.9. The first-order valence-corrected chi connectivity index (χ1v) is 11.6. The van der Waals surface area contributed by atoms with Crippen molar-refractivity contribution in [3.05, 3.63) is 94.5 Å². The molecule has 4 nitrogen and oxygen atoms in total. The molecule has 3 heterocycles. The Morgan fingerprint density at radius 2 is 1.73 bits per heavy atom. The summed E-state index contributed by atoms with van der Waals surface area (Å²) in [6, 6.07) is 18.2. The van der Waals surface area contributed by atoms with Crippen molar-refractivity contribution in [2.45, 2.75) is 37.3 Å². The van der Waals surface area contributed by atoms with E-state index in [4.69, 9.17) is 16.3 Å². The molecule has 2 unspecified atom stereocenters. The van der Waals surface area contributed by atoms with Crippen LogP contribution in [-0.2, 0) is 4.74 Å². The summed E-state index contributed by atoms with van der Waals surface area (Å²) in [6.45, 7) is 0.300. The average molecular weight is 461 g/mol. The summed E-state index contributed by atoms with van der Waals surface area (Å²) in [4.78, 5) is 18.8. The second-order valence-electron chi connectivity index (χ2n) is 8.87. The first kappa shape index (κ1) is 20.4. The van der Waals surface area contributed by atoms with Crippen molar-refractivity contribution in [1.29, 1.82) is 0 Å². The highest BCUT2D eigenvalue weighted by molar-refractivity contribution is 6.29. The van der Waals surface area contributed by atoms with Gasteiger partial charge in [-0.05, 0) is 53.2 Å². The van der Waals surface area contributed by atoms with Gasteiger partial charge in [-0.1, -0.05) is 66.2 Å². The molecular formula is C27H22ClFN2O2. The van der Waals surface area contributed by atoms with Crippen LogP contribution in [0.5, 0.6) is 0 Å². The van der Waals surface area contributed by atoms with Gasteiger partial charge in [-0.3, -0.25) is 4.90 Å². The minimum Gasteiger partial charge on any atom is -0.448 e. The number of nitrogens with zero attached hydrogens (tertiary/aromatic N) is 2. The highest BCUT2D eigenvalue weighted by atomic mass is 35.5. The minimum atomic E-state index is -0.501. The van der Waals surface area contributed by atoms with Crippen LogP contribution < -0.4 is 0 Å². The van der Waals surface area contributed by atoms with E-state index in [0.29, 0.717) is 18.6 Å². The van der Waals surface area contributed by atoms with Gasteiger partial charge in [0.2, 0.25) is 0 Å². The van der Waals surface area contributed by atoms with Gasteiger partial charge in [-0.25, -0.2) is 14.2 Å². The van der Waals surface area contributed by atoms with Crippen LogP contribution in [0, 0.1) is 5.82 Å². The predicted octanol–water partition coefficient (Wildman–Crippen LogP) is 6.44. The van der Waals surface area contributed by atoms with Crippen LogP contribution in [0.3, 0.4) is 0 Å². The molecule has 1 aromatic heterocycles. The maximum Gasteiger partial charge on any atom is 0.410 e. The molecule has 6 heteroatoms. The molecule has 0 radical (unpaired) electrons. The monoisotopic (exact) mass is 460 g/mol. The van der Waals surface area contributed by atoms with Crippen molar-refractivity contribution in [3.8, 4) is 11.1 Å². The molecule has 33 heavy (non-hydrogen) atoms. The molecule has 2 atom stereocenters. The first-order chi connectivity index (χ1) is 16.1. The number of hydrogen-bond donors (Lipinski definition) is 0. The van der Waals surface area contributed by atoms with E-state index in [1.54, 1.807) is 6.07 Å². The lowest BCUT2D eigenvalue weighted by molar-refractivity contribution is 0.0866. The summed E-state index contributed by atoms with van der Waals surface area (Å²) in [7, 11) is 0. The largest absolute Gasteiger partial charge is 0.448 e. The van der Waals surface area contributed by atoms with Crippen molar-refractivity contribution in [1.82, 2.24) is 9.88 Å². The third-order valence-electron chi connectivity index (χ3n) is 7.13. The molecule has 3 aromatic rings. The Morgan fingerprint density at radius 3 is 2.42 bits per heavy atom. The molecule has 1 amide bonds. The summed E-state index contributed by atoms with van der Waals surface area (Å²) in [5.74, 6) is -0.470. The van der Waals surface area contributed by atoms with E-state index < -0.39 is 5.82 Å². The van der Waals surface area contributed by atoms with E-state index >= 15 is 0 Å². The third-order valence-corrected chi connectivity index (χ3v) is 7.40. The van der Waals surface area contributed by atoms with Gasteiger partial charge in [-0.2, -0.15) is 0 Å². The van der Waals surface area contributed by atoms with E-state index in [2.05, 4.69) is 29.2 Å². The molecule has 2 aliphatic heterocycles. The number of pyridine rings is 1. The fourth-order valence-corrected chi connectivity index (χ4v) is 5.81. The second-order valence-corrected chi connectivity index (χ2v) is 9.23. The van der Waals surface area contributed by atoms with E-state index in [1.807, 2.05) is 35.2 Å². The normalized spacial score (nSPS) is 20.9. The topological polar surface area (TPSA) is 42.4 Å². The van der Waals surface area contributed by atoms with E-state index in [-0.39, 0.29) is 29.2 Å². The first-order valence-electron chi connectivity index (χ1n) is 11.3. The van der Waals surface area contributed by atoms with E-state index in [1.165, 1.54) is 28.5 Å². The predicted molar refractivity (Wildman–Crippen MR) is 126 cm³/mol. The van der Waals surface area contributed by atoms with Crippen molar-refractivity contribution >= 4 is 23.3 Å². The average Bonchev–Trinajstić information content (AvgIpc) is 3.30. The van der Waals surface area contributed by atoms with Gasteiger partial charge in [0.1, 0.15) is 6.61 Å². The number of aromatic nitrogens is 1. The molecule has 0 spiro atoms. The van der Waals surface area contributed by atoms with Crippen molar-refractivity contribution in [3.63, 3.8) is 0 Å². The molecule has 0 N–H and O–H groups in total. The number of benzene rings is 2. The number of ether oxygens (including phenoxy) is 1. The second kappa shape index (κ2) is 7.99. The minimum absolute atomic E-state index is 0.00279. The lowest BCUT2D eigenvalue weighted by atomic mass is 9.95. The molecule has 0 saturated carbocycles. The van der Waals surface area contributed by atoms with Crippen LogP contribution in [0.25, 0.3) is 16.7 Å². The van der Waals surface area contributed by atoms with Crippen LogP contribution >= 0.6 is 11.6 Å². The Bertz CT molecular complexity index is 1250. The zero-order chi connectivity index (χ0) is 22.5. The fourth-order valence-electron chi connectivity index (χ4n) is 5.65. The molecule has 166 valence electrons. The van der Waals surface area contributed by atoms with Crippen molar-refractivity contribution in [2.75, 3.05) is 6.61 Å². The number of amides is 1. The summed E-state index contributed by atoms with van der Waals surface area (Å²) in [5.41, 5.74) is 6.15. The quantitative estimate of drug-likeness (QED) is 0.422. The molecule has 2 aromatic carbocycles. The Balaban J connectivity index is 1.21. The van der Waals surface area contributed by atoms with Crippen molar-refractivity contribution < 1.29 is 13.9 Å². The van der Waals surface area contributed by atoms with Crippen LogP contribution in [-0.4, -0.2) is 34.7 Å². The molecule has 1 aliphatic carbocycles. The van der Waals surface area contributed by atoms with Gasteiger partial charge in [0.05, 0.1) is 6.04 Å². The fraction of sp³-hybridized carbons (Fsp3) is 0.259. The van der Waals surface area contributed by atoms with Crippen molar-refractivity contribution in [2.24, 2.45) is 0 Å². The molecule has 2 bridgehead atoms. The Morgan fingerprint density at radius 1 is 1.03 bits per heavy atom. The number of rotatable bonds is 3. The number of halogens is 2. The lowest BCUT2D eigenvalue weighted by Crippen LogP contribution is -2.43. The molecule has 1 fully saturated rings. The zero-order valence-corrected chi connectivity index (χ0v) is 18.6. The van der Waals surface area contributed by atoms with Gasteiger partial charge < -0.3 is 4.74 Å². The highest BCUT2D eigenvalue weighted by Gasteiger charge is 2.41. The standard InChI is InChI=1S/C27H22ClFN2O2/c28-26-25(29)19(11-12-30-26)16-13-17-9-10-18(14-16)31(17)27(32)33-15-24-22-7-3-1-5-20(22)21-6-2-4-8-23(21)24/h1-8,11-13,17-18,24H,9-10,14-15H2. The Hall–Kier alpha value is -3.18. The third kappa shape index (κ3) is 3.34. The van der Waals surface area contributed by atoms with Crippen LogP contribution in [0.4, 0.5) is 9.18 Å². The summed E-state index contributed by atoms with van der Waals surface area (Å²) in [6.07, 6.45) is 5.50. The number of fused-ring (bicyclic) bond motifs is 5. The summed E-state index contributed by atoms with van der Waals surface area (Å²) < 4.78 is 20.4. The van der Waals surface area contributed by atoms with E-state index in [0.717, 1.165) is 18.4 Å². The summed E-state index contributed by atoms with van der Waals surface area (Å²) in [5, 5.41) is -0.125. The van der Waals surface area contributed by atoms with Gasteiger partial charge in [0, 0.05) is 23.7 Å². The Kier molecular flexibility index (Phi) is 4.95. The van der Waals surface area contributed by atoms with Gasteiger partial charge in [0.25, 0.3) is 0 Å². The molecule has 1 saturated heterocycles.